The molecule has 21 heavy (non-hydrogen) atoms. The van der Waals surface area contributed by atoms with Gasteiger partial charge in [0.1, 0.15) is 0 Å². The van der Waals surface area contributed by atoms with E-state index in [1.807, 2.05) is 0 Å². The van der Waals surface area contributed by atoms with E-state index in [9.17, 15) is 28.1 Å². The Morgan fingerprint density at radius 2 is 0.667 bits per heavy atom. The summed E-state index contributed by atoms with van der Waals surface area (Å²) >= 11 is 0. The van der Waals surface area contributed by atoms with Crippen LogP contribution >= 0.6 is 23.2 Å². The third kappa shape index (κ3) is 3.21. The molecule has 0 saturated heterocycles. The lowest BCUT2D eigenvalue weighted by atomic mass is 11.0. The molecular formula is C3H6N3O12P3. The van der Waals surface area contributed by atoms with Gasteiger partial charge in [-0.25, -0.2) is 28.1 Å². The molecule has 0 aliphatic carbocycles. The van der Waals surface area contributed by atoms with Crippen molar-refractivity contribution in [2.24, 2.45) is 0 Å². The van der Waals surface area contributed by atoms with Crippen molar-refractivity contribution in [1.82, 2.24) is 13.0 Å². The van der Waals surface area contributed by atoms with Gasteiger partial charge >= 0.3 is 40.3 Å². The lowest BCUT2D eigenvalue weighted by Gasteiger charge is -2.14. The second-order valence-electron chi connectivity index (χ2n) is 3.32. The molecule has 1 rings (SSSR count). The van der Waals surface area contributed by atoms with Crippen LogP contribution in [0, 0.1) is 0 Å². The van der Waals surface area contributed by atoms with Crippen LogP contribution in [0.2, 0.25) is 0 Å². The second kappa shape index (κ2) is 4.95. The Kier molecular flexibility index (Phi) is 4.22. The molecule has 1 aromatic rings. The highest BCUT2D eigenvalue weighted by Crippen LogP contribution is 2.38. The predicted octanol–water partition coefficient (Wildman–Crippen LogP) is -4.01. The molecule has 0 spiro atoms. The number of nitrogens with zero attached hydrogens (tertiary/aromatic N) is 3. The molecule has 1 aromatic heterocycles. The van der Waals surface area contributed by atoms with Gasteiger partial charge in [0.05, 0.1) is 0 Å². The van der Waals surface area contributed by atoms with Crippen LogP contribution in [0.4, 0.5) is 0 Å². The first-order valence-corrected chi connectivity index (χ1v) is 9.00. The first kappa shape index (κ1) is 17.9. The van der Waals surface area contributed by atoms with Gasteiger partial charge in [0, 0.05) is 0 Å². The zero-order chi connectivity index (χ0) is 17.0. The highest BCUT2D eigenvalue weighted by atomic mass is 31.2. The summed E-state index contributed by atoms with van der Waals surface area (Å²) in [6.07, 6.45) is 0. The van der Waals surface area contributed by atoms with E-state index in [4.69, 9.17) is 29.4 Å². The smallest absolute Gasteiger partial charge is 0.308 e. The number of rotatable bonds is 3. The molecule has 0 amide bonds. The van der Waals surface area contributed by atoms with Crippen LogP contribution in [-0.4, -0.2) is 42.4 Å². The molecule has 120 valence electrons. The fourth-order valence-corrected chi connectivity index (χ4v) is 3.27. The third-order valence-corrected chi connectivity index (χ3v) is 4.46. The van der Waals surface area contributed by atoms with E-state index in [-0.39, 0.29) is 0 Å². The molecular weight excluding hydrogens is 363 g/mol. The first-order valence-electron chi connectivity index (χ1n) is 4.30. The largest absolute Gasteiger partial charge is 0.442 e. The van der Waals surface area contributed by atoms with Crippen molar-refractivity contribution in [2.75, 3.05) is 0 Å². The maximum absolute atomic E-state index is 11.5. The number of hydrogen-bond donors (Lipinski definition) is 6. The molecule has 0 atom stereocenters. The lowest BCUT2D eigenvalue weighted by molar-refractivity contribution is 0.335. The van der Waals surface area contributed by atoms with E-state index in [0.29, 0.717) is 0 Å². The van der Waals surface area contributed by atoms with Crippen molar-refractivity contribution in [3.8, 4) is 0 Å². The van der Waals surface area contributed by atoms with Crippen molar-refractivity contribution in [3.63, 3.8) is 0 Å². The van der Waals surface area contributed by atoms with Crippen molar-refractivity contribution in [2.45, 2.75) is 0 Å². The van der Waals surface area contributed by atoms with E-state index >= 15 is 0 Å². The van der Waals surface area contributed by atoms with Gasteiger partial charge in [0.15, 0.2) is 0 Å². The average Bonchev–Trinajstić information content (AvgIpc) is 2.07. The van der Waals surface area contributed by atoms with Gasteiger partial charge in [-0.1, -0.05) is 0 Å². The highest BCUT2D eigenvalue weighted by molar-refractivity contribution is 7.51. The molecule has 15 nitrogen and oxygen atoms in total. The van der Waals surface area contributed by atoms with E-state index in [1.54, 1.807) is 0 Å². The Morgan fingerprint density at radius 1 is 0.524 bits per heavy atom. The van der Waals surface area contributed by atoms with Crippen LogP contribution in [0.3, 0.4) is 0 Å². The van der Waals surface area contributed by atoms with Crippen molar-refractivity contribution < 1.29 is 43.1 Å². The fraction of sp³-hybridized carbons (Fsp3) is 0. The topological polar surface area (TPSA) is 239 Å². The minimum absolute atomic E-state index is 1.16. The van der Waals surface area contributed by atoms with Crippen molar-refractivity contribution in [3.05, 3.63) is 31.5 Å². The third-order valence-electron chi connectivity index (χ3n) is 1.87. The van der Waals surface area contributed by atoms with E-state index in [0.717, 1.165) is 0 Å². The summed E-state index contributed by atoms with van der Waals surface area (Å²) in [6, 6.07) is 0. The Morgan fingerprint density at radius 3 is 0.762 bits per heavy atom. The maximum atomic E-state index is 11.5. The van der Waals surface area contributed by atoms with Crippen molar-refractivity contribution >= 4 is 23.2 Å². The Hall–Kier alpha value is -1.14. The SMILES string of the molecule is O=c1n(P(=O)(O)O)c(=O)n(P(=O)(O)O)c(=O)n1P(=O)(O)O. The summed E-state index contributed by atoms with van der Waals surface area (Å²) in [6.45, 7) is 0. The zero-order valence-electron chi connectivity index (χ0n) is 9.32. The molecule has 0 unspecified atom stereocenters. The molecule has 0 fully saturated rings. The minimum atomic E-state index is -5.88. The lowest BCUT2D eigenvalue weighted by Crippen LogP contribution is -2.52. The van der Waals surface area contributed by atoms with Crippen LogP contribution in [0.25, 0.3) is 0 Å². The van der Waals surface area contributed by atoms with Gasteiger partial charge in [-0.05, 0) is 0 Å². The Labute approximate surface area is 112 Å². The van der Waals surface area contributed by atoms with Gasteiger partial charge in [-0.3, -0.25) is 0 Å². The Balaban J connectivity index is 4.37. The standard InChI is InChI=1S/C3H6N3O12P3/c7-1-4(19(10,11)12)2(8)6(21(16,17)18)3(9)5(1)20(13,14)15/h(H2,10,11,12)(H2,13,14,15)(H2,16,17,18). The van der Waals surface area contributed by atoms with Crippen LogP contribution in [0.5, 0.6) is 0 Å². The van der Waals surface area contributed by atoms with Gasteiger partial charge in [-0.2, -0.15) is 0 Å². The molecule has 1 heterocycles. The van der Waals surface area contributed by atoms with Gasteiger partial charge < -0.3 is 29.4 Å². The fourth-order valence-electron chi connectivity index (χ4n) is 1.18. The summed E-state index contributed by atoms with van der Waals surface area (Å²) in [5.41, 5.74) is -7.30. The molecule has 0 bridgehead atoms. The van der Waals surface area contributed by atoms with Crippen LogP contribution in [0.1, 0.15) is 0 Å². The highest BCUT2D eigenvalue weighted by Gasteiger charge is 2.37. The zero-order valence-corrected chi connectivity index (χ0v) is 12.0. The second-order valence-corrected chi connectivity index (χ2v) is 7.60. The number of aromatic nitrogens is 3. The summed E-state index contributed by atoms with van der Waals surface area (Å²) in [5, 5.41) is 0. The van der Waals surface area contributed by atoms with Crippen molar-refractivity contribution in [1.29, 1.82) is 0 Å². The van der Waals surface area contributed by atoms with E-state index in [1.165, 1.54) is 0 Å². The quantitative estimate of drug-likeness (QED) is 0.279. The summed E-state index contributed by atoms with van der Waals surface area (Å²) in [7, 11) is -17.6. The van der Waals surface area contributed by atoms with Gasteiger partial charge in [0.25, 0.3) is 0 Å². The normalized spacial score (nSPS) is 13.4. The summed E-state index contributed by atoms with van der Waals surface area (Å²) in [4.78, 5) is 86.9. The number of hydrogen-bond acceptors (Lipinski definition) is 6. The van der Waals surface area contributed by atoms with Crippen LogP contribution in [0.15, 0.2) is 14.4 Å². The van der Waals surface area contributed by atoms with Gasteiger partial charge in [-0.15, -0.1) is 13.0 Å². The average molecular weight is 369 g/mol. The first-order chi connectivity index (χ1) is 9.10. The summed E-state index contributed by atoms with van der Waals surface area (Å²) < 4.78 is 29.4. The molecule has 0 aliphatic heterocycles. The molecule has 0 aliphatic rings. The molecule has 18 heteroatoms. The predicted molar refractivity (Wildman–Crippen MR) is 61.5 cm³/mol. The molecule has 0 aromatic carbocycles. The maximum Gasteiger partial charge on any atom is 0.442 e. The minimum Gasteiger partial charge on any atom is -0.308 e. The molecule has 6 N–H and O–H groups in total. The van der Waals surface area contributed by atoms with Crippen LogP contribution in [-0.2, 0) is 13.7 Å². The Bertz CT molecular complexity index is 749. The van der Waals surface area contributed by atoms with E-state index in [2.05, 4.69) is 0 Å². The van der Waals surface area contributed by atoms with Crippen LogP contribution < -0.4 is 17.1 Å². The van der Waals surface area contributed by atoms with E-state index < -0.39 is 53.3 Å². The summed E-state index contributed by atoms with van der Waals surface area (Å²) in [5.74, 6) is 0. The monoisotopic (exact) mass is 369 g/mol. The van der Waals surface area contributed by atoms with Gasteiger partial charge in [0.2, 0.25) is 0 Å². The molecule has 0 radical (unpaired) electrons. The molecule has 0 saturated carbocycles.